The van der Waals surface area contributed by atoms with Crippen molar-refractivity contribution in [3.05, 3.63) is 167 Å². The molecule has 0 N–H and O–H groups in total. The molecule has 0 aliphatic carbocycles. The number of para-hydroxylation sites is 1. The second-order valence-electron chi connectivity index (χ2n) is 21.3. The number of benzene rings is 5. The minimum Gasteiger partial charge on any atom is -0.328 e. The van der Waals surface area contributed by atoms with E-state index >= 15 is 0 Å². The van der Waals surface area contributed by atoms with Crippen LogP contribution in [0.15, 0.2) is 133 Å². The summed E-state index contributed by atoms with van der Waals surface area (Å²) in [5.74, 6) is 2.27. The molecule has 0 fully saturated rings. The van der Waals surface area contributed by atoms with E-state index in [2.05, 4.69) is 233 Å². The average Bonchev–Trinajstić information content (AvgIpc) is 3.84. The molecule has 62 heavy (non-hydrogen) atoms. The van der Waals surface area contributed by atoms with E-state index in [0.29, 0.717) is 17.8 Å². The molecule has 5 aromatic carbocycles. The predicted octanol–water partition coefficient (Wildman–Crippen LogP) is 16.0. The summed E-state index contributed by atoms with van der Waals surface area (Å²) in [4.78, 5) is 9.94. The number of allylic oxidation sites excluding steroid dienone is 1. The second-order valence-corrected chi connectivity index (χ2v) is 21.3. The normalized spacial score (nSPS) is 14.0. The molecule has 0 radical (unpaired) electrons. The Kier molecular flexibility index (Phi) is 11.1. The van der Waals surface area contributed by atoms with Gasteiger partial charge in [-0.25, -0.2) is 4.98 Å². The zero-order valence-corrected chi connectivity index (χ0v) is 39.9. The molecule has 0 amide bonds. The first-order valence-electron chi connectivity index (χ1n) is 22.9. The summed E-state index contributed by atoms with van der Waals surface area (Å²) >= 11 is 0. The summed E-state index contributed by atoms with van der Waals surface area (Å²) in [5.41, 5.74) is 16.4. The fourth-order valence-corrected chi connectivity index (χ4v) is 9.41. The second kappa shape index (κ2) is 15.9. The molecule has 2 aromatic heterocycles. The Bertz CT molecular complexity index is 2770. The van der Waals surface area contributed by atoms with Gasteiger partial charge in [-0.2, -0.15) is 0 Å². The summed E-state index contributed by atoms with van der Waals surface area (Å²) < 4.78 is 2.36. The molecule has 7 aromatic rings. The van der Waals surface area contributed by atoms with Gasteiger partial charge in [0, 0.05) is 51.1 Å². The quantitative estimate of drug-likeness (QED) is 0.145. The predicted molar refractivity (Wildman–Crippen MR) is 267 cm³/mol. The standard InChI is InChI=1S/C58H68N4/c1-37(2)41-28-29-59-54(30-41)62-51-21-16-15-18-49(51)50-27-24-42(34-52(50)62)58(13,14)44-31-43(56(7,8)9)32-46(33-44)60-35-53(57(10,11)12)61(36-60)45-25-22-40(23-26-45)55-47(38(3)4)19-17-20-48(55)39(5)6/h15-35,37-39H,36H2,1-14H3. The highest BCUT2D eigenvalue weighted by Gasteiger charge is 2.34. The van der Waals surface area contributed by atoms with Crippen molar-refractivity contribution in [2.24, 2.45) is 5.41 Å². The maximum atomic E-state index is 4.95. The third-order valence-corrected chi connectivity index (χ3v) is 13.4. The molecule has 1 aliphatic rings. The molecule has 4 nitrogen and oxygen atoms in total. The summed E-state index contributed by atoms with van der Waals surface area (Å²) in [5, 5.41) is 2.49. The van der Waals surface area contributed by atoms with Gasteiger partial charge in [0.1, 0.15) is 5.82 Å². The van der Waals surface area contributed by atoms with E-state index in [1.54, 1.807) is 0 Å². The molecule has 1 aliphatic heterocycles. The van der Waals surface area contributed by atoms with Crippen molar-refractivity contribution in [1.82, 2.24) is 9.55 Å². The fraction of sp³-hybridized carbons (Fsp3) is 0.362. The number of aromatic nitrogens is 2. The molecule has 0 saturated carbocycles. The van der Waals surface area contributed by atoms with Gasteiger partial charge < -0.3 is 9.80 Å². The van der Waals surface area contributed by atoms with Crippen molar-refractivity contribution in [2.45, 2.75) is 126 Å². The summed E-state index contributed by atoms with van der Waals surface area (Å²) in [7, 11) is 0. The molecule has 4 heteroatoms. The molecule has 8 rings (SSSR count). The van der Waals surface area contributed by atoms with Crippen LogP contribution in [0.1, 0.15) is 148 Å². The number of pyridine rings is 1. The van der Waals surface area contributed by atoms with Crippen LogP contribution in [-0.4, -0.2) is 16.2 Å². The lowest BCUT2D eigenvalue weighted by Crippen LogP contribution is -2.31. The molecule has 320 valence electrons. The number of rotatable bonds is 9. The van der Waals surface area contributed by atoms with Crippen molar-refractivity contribution < 1.29 is 0 Å². The van der Waals surface area contributed by atoms with E-state index in [9.17, 15) is 0 Å². The zero-order chi connectivity index (χ0) is 44.5. The largest absolute Gasteiger partial charge is 0.328 e. The Morgan fingerprint density at radius 3 is 1.81 bits per heavy atom. The minimum absolute atomic E-state index is 0.0444. The van der Waals surface area contributed by atoms with Crippen molar-refractivity contribution in [1.29, 1.82) is 0 Å². The molecule has 3 heterocycles. The van der Waals surface area contributed by atoms with Gasteiger partial charge in [0.25, 0.3) is 0 Å². The first kappa shape index (κ1) is 43.1. The van der Waals surface area contributed by atoms with Crippen LogP contribution in [0.5, 0.6) is 0 Å². The lowest BCUT2D eigenvalue weighted by molar-refractivity contribution is 0.492. The van der Waals surface area contributed by atoms with Crippen LogP contribution in [0.3, 0.4) is 0 Å². The number of hydrogen-bond donors (Lipinski definition) is 0. The number of fused-ring (bicyclic) bond motifs is 3. The van der Waals surface area contributed by atoms with Gasteiger partial charge in [0.15, 0.2) is 0 Å². The smallest absolute Gasteiger partial charge is 0.137 e. The highest BCUT2D eigenvalue weighted by atomic mass is 15.4. The zero-order valence-electron chi connectivity index (χ0n) is 39.9. The Morgan fingerprint density at radius 2 is 1.18 bits per heavy atom. The Labute approximate surface area is 372 Å². The molecular formula is C58H68N4. The van der Waals surface area contributed by atoms with Gasteiger partial charge in [-0.3, -0.25) is 4.57 Å². The number of anilines is 2. The van der Waals surface area contributed by atoms with Crippen LogP contribution in [-0.2, 0) is 10.8 Å². The monoisotopic (exact) mass is 821 g/mol. The van der Waals surface area contributed by atoms with E-state index in [1.165, 1.54) is 83.4 Å². The van der Waals surface area contributed by atoms with E-state index in [1.807, 2.05) is 6.20 Å². The molecule has 0 saturated heterocycles. The maximum Gasteiger partial charge on any atom is 0.137 e. The molecule has 0 bridgehead atoms. The van der Waals surface area contributed by atoms with Crippen LogP contribution in [0.2, 0.25) is 0 Å². The van der Waals surface area contributed by atoms with E-state index in [0.717, 1.165) is 12.5 Å². The SMILES string of the molecule is CC(C)c1ccnc(-n2c3ccccc3c3ccc(C(C)(C)c4cc(N5C=C(C(C)(C)C)N(c6ccc(-c7c(C(C)C)cccc7C(C)C)cc6)C5)cc(C(C)(C)C)c4)cc32)c1. The Hall–Kier alpha value is -5.61. The van der Waals surface area contributed by atoms with Crippen molar-refractivity contribution in [3.8, 4) is 16.9 Å². The summed E-state index contributed by atoms with van der Waals surface area (Å²) in [6.07, 6.45) is 4.36. The Morgan fingerprint density at radius 1 is 0.532 bits per heavy atom. The molecule has 0 atom stereocenters. The highest BCUT2D eigenvalue weighted by molar-refractivity contribution is 6.09. The van der Waals surface area contributed by atoms with E-state index < -0.39 is 0 Å². The number of hydrogen-bond acceptors (Lipinski definition) is 3. The van der Waals surface area contributed by atoms with Gasteiger partial charge in [0.2, 0.25) is 0 Å². The van der Waals surface area contributed by atoms with Crippen molar-refractivity contribution >= 4 is 33.2 Å². The fourth-order valence-electron chi connectivity index (χ4n) is 9.41. The third-order valence-electron chi connectivity index (χ3n) is 13.4. The van der Waals surface area contributed by atoms with E-state index in [-0.39, 0.29) is 16.2 Å². The van der Waals surface area contributed by atoms with Crippen LogP contribution in [0, 0.1) is 5.41 Å². The first-order valence-corrected chi connectivity index (χ1v) is 22.9. The summed E-state index contributed by atoms with van der Waals surface area (Å²) in [6, 6.07) is 43.8. The average molecular weight is 821 g/mol. The van der Waals surface area contributed by atoms with Gasteiger partial charge >= 0.3 is 0 Å². The van der Waals surface area contributed by atoms with Crippen LogP contribution in [0.25, 0.3) is 38.8 Å². The van der Waals surface area contributed by atoms with Gasteiger partial charge in [-0.05, 0) is 116 Å². The van der Waals surface area contributed by atoms with Crippen molar-refractivity contribution in [3.63, 3.8) is 0 Å². The van der Waals surface area contributed by atoms with Crippen LogP contribution >= 0.6 is 0 Å². The third kappa shape index (κ3) is 7.87. The first-order chi connectivity index (χ1) is 29.2. The van der Waals surface area contributed by atoms with Gasteiger partial charge in [-0.15, -0.1) is 0 Å². The summed E-state index contributed by atoms with van der Waals surface area (Å²) in [6.45, 7) is 33.3. The van der Waals surface area contributed by atoms with Crippen LogP contribution in [0.4, 0.5) is 11.4 Å². The van der Waals surface area contributed by atoms with Crippen molar-refractivity contribution in [2.75, 3.05) is 16.5 Å². The molecule has 0 spiro atoms. The molecule has 0 unspecified atom stereocenters. The maximum absolute atomic E-state index is 4.95. The highest BCUT2D eigenvalue weighted by Crippen LogP contribution is 2.44. The Balaban J connectivity index is 1.20. The van der Waals surface area contributed by atoms with Gasteiger partial charge in [-0.1, -0.05) is 164 Å². The number of nitrogens with zero attached hydrogens (tertiary/aromatic N) is 4. The lowest BCUT2D eigenvalue weighted by Gasteiger charge is -2.32. The minimum atomic E-state index is -0.300. The van der Waals surface area contributed by atoms with E-state index in [4.69, 9.17) is 4.98 Å². The lowest BCUT2D eigenvalue weighted by atomic mass is 9.75. The molecular weight excluding hydrogens is 753 g/mol. The van der Waals surface area contributed by atoms with Gasteiger partial charge in [0.05, 0.1) is 17.7 Å². The van der Waals surface area contributed by atoms with Crippen LogP contribution < -0.4 is 9.80 Å². The topological polar surface area (TPSA) is 24.3 Å².